The first kappa shape index (κ1) is 11.3. The Balaban J connectivity index is 2.78. The summed E-state index contributed by atoms with van der Waals surface area (Å²) in [7, 11) is 1.34. The summed E-state index contributed by atoms with van der Waals surface area (Å²) < 4.78 is 4.64. The molecule has 1 saturated heterocycles. The lowest BCUT2D eigenvalue weighted by Gasteiger charge is -2.31. The first-order chi connectivity index (χ1) is 6.59. The van der Waals surface area contributed by atoms with Crippen molar-refractivity contribution >= 4 is 6.09 Å². The normalized spacial score (nSPS) is 32.0. The van der Waals surface area contributed by atoms with Gasteiger partial charge >= 0.3 is 6.09 Å². The fourth-order valence-corrected chi connectivity index (χ4v) is 2.10. The first-order valence-electron chi connectivity index (χ1n) is 4.86. The third-order valence-corrected chi connectivity index (χ3v) is 2.93. The van der Waals surface area contributed by atoms with Crippen molar-refractivity contribution in [3.05, 3.63) is 0 Å². The predicted molar refractivity (Wildman–Crippen MR) is 51.8 cm³/mol. The third kappa shape index (κ3) is 1.69. The smallest absolute Gasteiger partial charge is 0.409 e. The van der Waals surface area contributed by atoms with Gasteiger partial charge in [-0.3, -0.25) is 0 Å². The van der Waals surface area contributed by atoms with Gasteiger partial charge < -0.3 is 20.5 Å². The number of hydrogen-bond acceptors (Lipinski definition) is 4. The van der Waals surface area contributed by atoms with Crippen LogP contribution in [-0.2, 0) is 4.74 Å². The number of ether oxygens (including phenoxy) is 1. The molecule has 1 rings (SSSR count). The summed E-state index contributed by atoms with van der Waals surface area (Å²) in [6.45, 7) is 2.62. The van der Waals surface area contributed by atoms with Crippen molar-refractivity contribution < 1.29 is 14.6 Å². The fraction of sp³-hybridized carbons (Fsp3) is 0.889. The number of nitrogens with two attached hydrogens (primary N) is 1. The van der Waals surface area contributed by atoms with Gasteiger partial charge in [0, 0.05) is 13.1 Å². The van der Waals surface area contributed by atoms with Crippen LogP contribution in [-0.4, -0.2) is 47.9 Å². The highest BCUT2D eigenvalue weighted by Crippen LogP contribution is 2.30. The van der Waals surface area contributed by atoms with Gasteiger partial charge in [0.05, 0.1) is 18.8 Å². The topological polar surface area (TPSA) is 75.8 Å². The minimum absolute atomic E-state index is 0.180. The van der Waals surface area contributed by atoms with E-state index in [1.807, 2.05) is 6.92 Å². The molecule has 0 spiro atoms. The molecule has 1 heterocycles. The molecule has 0 aromatic heterocycles. The number of likely N-dealkylation sites (tertiary alicyclic amines) is 1. The van der Waals surface area contributed by atoms with E-state index in [4.69, 9.17) is 5.73 Å². The van der Waals surface area contributed by atoms with Gasteiger partial charge in [-0.1, -0.05) is 6.92 Å². The van der Waals surface area contributed by atoms with Crippen molar-refractivity contribution in [2.24, 2.45) is 5.73 Å². The van der Waals surface area contributed by atoms with E-state index in [-0.39, 0.29) is 18.7 Å². The fourth-order valence-electron chi connectivity index (χ4n) is 2.10. The summed E-state index contributed by atoms with van der Waals surface area (Å²) in [5, 5.41) is 10.1. The second-order valence-corrected chi connectivity index (χ2v) is 3.65. The van der Waals surface area contributed by atoms with Crippen LogP contribution in [0.15, 0.2) is 0 Å². The maximum absolute atomic E-state index is 11.3. The molecule has 14 heavy (non-hydrogen) atoms. The molecule has 3 N–H and O–H groups in total. The van der Waals surface area contributed by atoms with E-state index in [9.17, 15) is 9.90 Å². The number of carbonyl (C=O) groups excluding carboxylic acids is 1. The molecule has 5 nitrogen and oxygen atoms in total. The van der Waals surface area contributed by atoms with Crippen LogP contribution in [0.2, 0.25) is 0 Å². The highest BCUT2D eigenvalue weighted by atomic mass is 16.5. The van der Waals surface area contributed by atoms with Gasteiger partial charge in [-0.25, -0.2) is 4.79 Å². The van der Waals surface area contributed by atoms with Crippen molar-refractivity contribution in [1.29, 1.82) is 0 Å². The van der Waals surface area contributed by atoms with Crippen molar-refractivity contribution in [2.45, 2.75) is 31.4 Å². The number of nitrogens with zero attached hydrogens (tertiary/aromatic N) is 1. The number of amides is 1. The van der Waals surface area contributed by atoms with E-state index in [0.717, 1.165) is 0 Å². The zero-order valence-corrected chi connectivity index (χ0v) is 8.69. The number of carbonyl (C=O) groups is 1. The SMILES string of the molecule is CCC1N(C(=O)OC)CCC1(O)CN. The monoisotopic (exact) mass is 202 g/mol. The molecule has 82 valence electrons. The Bertz CT molecular complexity index is 222. The van der Waals surface area contributed by atoms with E-state index in [1.54, 1.807) is 4.90 Å². The van der Waals surface area contributed by atoms with Crippen LogP contribution < -0.4 is 5.73 Å². The molecular formula is C9H18N2O3. The van der Waals surface area contributed by atoms with Crippen LogP contribution in [0.25, 0.3) is 0 Å². The van der Waals surface area contributed by atoms with Gasteiger partial charge in [0.15, 0.2) is 0 Å². The second kappa shape index (κ2) is 4.14. The Kier molecular flexibility index (Phi) is 3.34. The molecule has 2 atom stereocenters. The minimum atomic E-state index is -0.942. The standard InChI is InChI=1S/C9H18N2O3/c1-3-7-9(13,6-10)4-5-11(7)8(12)14-2/h7,13H,3-6,10H2,1-2H3. The van der Waals surface area contributed by atoms with Crippen LogP contribution >= 0.6 is 0 Å². The van der Waals surface area contributed by atoms with Crippen molar-refractivity contribution in [1.82, 2.24) is 4.90 Å². The average Bonchev–Trinajstić information content (AvgIpc) is 2.55. The molecule has 1 aliphatic rings. The van der Waals surface area contributed by atoms with Crippen LogP contribution in [0.5, 0.6) is 0 Å². The summed E-state index contributed by atoms with van der Waals surface area (Å²) in [5.41, 5.74) is 4.57. The molecule has 1 amide bonds. The lowest BCUT2D eigenvalue weighted by Crippen LogP contribution is -2.50. The zero-order valence-electron chi connectivity index (χ0n) is 8.69. The first-order valence-corrected chi connectivity index (χ1v) is 4.86. The summed E-state index contributed by atoms with van der Waals surface area (Å²) in [6.07, 6.45) is 0.820. The molecule has 0 radical (unpaired) electrons. The van der Waals surface area contributed by atoms with E-state index in [0.29, 0.717) is 19.4 Å². The number of rotatable bonds is 2. The molecule has 1 aliphatic heterocycles. The molecular weight excluding hydrogens is 184 g/mol. The Labute approximate surface area is 83.8 Å². The van der Waals surface area contributed by atoms with Crippen LogP contribution in [0.1, 0.15) is 19.8 Å². The average molecular weight is 202 g/mol. The van der Waals surface area contributed by atoms with E-state index >= 15 is 0 Å². The van der Waals surface area contributed by atoms with Gasteiger partial charge in [0.2, 0.25) is 0 Å². The predicted octanol–water partition coefficient (Wildman–Crippen LogP) is -0.0731. The second-order valence-electron chi connectivity index (χ2n) is 3.65. The van der Waals surface area contributed by atoms with Crippen LogP contribution in [0.3, 0.4) is 0 Å². The number of methoxy groups -OCH3 is 1. The molecule has 1 fully saturated rings. The summed E-state index contributed by atoms with van der Waals surface area (Å²) in [6, 6.07) is -0.222. The molecule has 2 unspecified atom stereocenters. The molecule has 0 aromatic rings. The lowest BCUT2D eigenvalue weighted by atomic mass is 9.93. The maximum atomic E-state index is 11.3. The maximum Gasteiger partial charge on any atom is 0.409 e. The molecule has 0 saturated carbocycles. The lowest BCUT2D eigenvalue weighted by molar-refractivity contribution is 0.00976. The molecule has 0 bridgehead atoms. The summed E-state index contributed by atoms with van der Waals surface area (Å²) in [4.78, 5) is 12.9. The Morgan fingerprint density at radius 3 is 2.86 bits per heavy atom. The largest absolute Gasteiger partial charge is 0.453 e. The number of aliphatic hydroxyl groups is 1. The quantitative estimate of drug-likeness (QED) is 0.657. The van der Waals surface area contributed by atoms with Crippen LogP contribution in [0.4, 0.5) is 4.79 Å². The van der Waals surface area contributed by atoms with Gasteiger partial charge in [-0.05, 0) is 12.8 Å². The minimum Gasteiger partial charge on any atom is -0.453 e. The Hall–Kier alpha value is -0.810. The third-order valence-electron chi connectivity index (χ3n) is 2.93. The van der Waals surface area contributed by atoms with Crippen molar-refractivity contribution in [2.75, 3.05) is 20.2 Å². The van der Waals surface area contributed by atoms with E-state index in [1.165, 1.54) is 7.11 Å². The van der Waals surface area contributed by atoms with Crippen molar-refractivity contribution in [3.63, 3.8) is 0 Å². The Morgan fingerprint density at radius 2 is 2.43 bits per heavy atom. The van der Waals surface area contributed by atoms with Gasteiger partial charge in [0.1, 0.15) is 0 Å². The molecule has 0 aromatic carbocycles. The molecule has 5 heteroatoms. The zero-order chi connectivity index (χ0) is 10.8. The summed E-state index contributed by atoms with van der Waals surface area (Å²) in [5.74, 6) is 0. The highest BCUT2D eigenvalue weighted by molar-refractivity contribution is 5.68. The van der Waals surface area contributed by atoms with Gasteiger partial charge in [0.25, 0.3) is 0 Å². The van der Waals surface area contributed by atoms with Crippen LogP contribution in [0, 0.1) is 0 Å². The number of hydrogen-bond donors (Lipinski definition) is 2. The highest BCUT2D eigenvalue weighted by Gasteiger charge is 2.46. The van der Waals surface area contributed by atoms with Gasteiger partial charge in [-0.15, -0.1) is 0 Å². The Morgan fingerprint density at radius 1 is 1.79 bits per heavy atom. The van der Waals surface area contributed by atoms with Crippen molar-refractivity contribution in [3.8, 4) is 0 Å². The molecule has 0 aliphatic carbocycles. The van der Waals surface area contributed by atoms with E-state index in [2.05, 4.69) is 4.74 Å². The van der Waals surface area contributed by atoms with Gasteiger partial charge in [-0.2, -0.15) is 0 Å². The van der Waals surface area contributed by atoms with E-state index < -0.39 is 5.60 Å². The summed E-state index contributed by atoms with van der Waals surface area (Å²) >= 11 is 0.